The number of rotatable bonds is 9. The number of hydrogen-bond donors (Lipinski definition) is 0. The number of nitrogens with zero attached hydrogens (tertiary/aromatic N) is 3. The van der Waals surface area contributed by atoms with Crippen LogP contribution in [0.3, 0.4) is 0 Å². The van der Waals surface area contributed by atoms with Crippen LogP contribution < -0.4 is 24.0 Å². The lowest BCUT2D eigenvalue weighted by Crippen LogP contribution is -2.25. The molecule has 4 aromatic carbocycles. The van der Waals surface area contributed by atoms with Crippen LogP contribution in [0.1, 0.15) is 21.5 Å². The highest BCUT2D eigenvalue weighted by molar-refractivity contribution is 7.22. The number of benzene rings is 4. The quantitative estimate of drug-likeness (QED) is 0.143. The van der Waals surface area contributed by atoms with Gasteiger partial charge in [0.2, 0.25) is 10.9 Å². The Balaban J connectivity index is 1.50. The maximum atomic E-state index is 13.8. The average Bonchev–Trinajstić information content (AvgIpc) is 3.40. The van der Waals surface area contributed by atoms with E-state index in [0.29, 0.717) is 45.0 Å². The van der Waals surface area contributed by atoms with Gasteiger partial charge in [0.1, 0.15) is 11.5 Å². The molecular weight excluding hydrogens is 526 g/mol. The van der Waals surface area contributed by atoms with Gasteiger partial charge < -0.3 is 18.9 Å². The molecule has 1 amide bonds. The van der Waals surface area contributed by atoms with Gasteiger partial charge in [0.05, 0.1) is 37.8 Å². The van der Waals surface area contributed by atoms with E-state index < -0.39 is 0 Å². The molecule has 1 heterocycles. The van der Waals surface area contributed by atoms with Crippen LogP contribution in [0.25, 0.3) is 10.2 Å². The van der Waals surface area contributed by atoms with Crippen LogP contribution in [0, 0.1) is 6.92 Å². The molecule has 0 fully saturated rings. The number of fused-ring (bicyclic) bond motifs is 1. The Morgan fingerprint density at radius 1 is 0.850 bits per heavy atom. The van der Waals surface area contributed by atoms with E-state index in [1.54, 1.807) is 63.9 Å². The first-order valence-corrected chi connectivity index (χ1v) is 13.2. The smallest absolute Gasteiger partial charge is 0.280 e. The van der Waals surface area contributed by atoms with Gasteiger partial charge in [0.15, 0.2) is 11.5 Å². The topological polar surface area (TPSA) is 82.5 Å². The third-order valence-corrected chi connectivity index (χ3v) is 6.99. The minimum atomic E-state index is -0.342. The number of methoxy groups -OCH3 is 3. The molecule has 0 N–H and O–H groups in total. The number of thiazole rings is 1. The Morgan fingerprint density at radius 2 is 1.52 bits per heavy atom. The first-order valence-electron chi connectivity index (χ1n) is 12.4. The fourth-order valence-corrected chi connectivity index (χ4v) is 5.03. The van der Waals surface area contributed by atoms with Gasteiger partial charge in [-0.25, -0.2) is 4.98 Å². The molecule has 0 aliphatic rings. The van der Waals surface area contributed by atoms with Crippen molar-refractivity contribution >= 4 is 38.8 Å². The highest BCUT2D eigenvalue weighted by Crippen LogP contribution is 2.38. The standard InChI is InChI=1S/C31H27N3O5S/c1-20-10-15-25-28(16-20)40-31(33-25)34(32-19-21-17-26(36-2)29(38-4)27(18-21)37-3)30(35)22-11-13-24(14-12-22)39-23-8-6-5-7-9-23/h5-19H,1-4H3/b32-19+. The molecule has 0 spiro atoms. The maximum Gasteiger partial charge on any atom is 0.280 e. The van der Waals surface area contributed by atoms with Gasteiger partial charge in [-0.3, -0.25) is 4.79 Å². The second kappa shape index (κ2) is 11.9. The first-order chi connectivity index (χ1) is 19.5. The Kier molecular flexibility index (Phi) is 7.93. The molecule has 5 rings (SSSR count). The zero-order valence-electron chi connectivity index (χ0n) is 22.5. The Bertz CT molecular complexity index is 1640. The summed E-state index contributed by atoms with van der Waals surface area (Å²) in [5.41, 5.74) is 2.97. The van der Waals surface area contributed by atoms with E-state index in [9.17, 15) is 4.79 Å². The molecule has 0 aliphatic carbocycles. The van der Waals surface area contributed by atoms with Crippen molar-refractivity contribution in [2.75, 3.05) is 26.3 Å². The minimum absolute atomic E-state index is 0.342. The summed E-state index contributed by atoms with van der Waals surface area (Å²) in [6, 6.07) is 25.9. The number of aromatic nitrogens is 1. The Hall–Kier alpha value is -4.89. The predicted molar refractivity (Wildman–Crippen MR) is 158 cm³/mol. The number of anilines is 1. The van der Waals surface area contributed by atoms with Crippen molar-refractivity contribution in [1.82, 2.24) is 4.98 Å². The summed E-state index contributed by atoms with van der Waals surface area (Å²) >= 11 is 1.39. The zero-order chi connectivity index (χ0) is 28.1. The van der Waals surface area contributed by atoms with Crippen molar-refractivity contribution < 1.29 is 23.7 Å². The maximum absolute atomic E-state index is 13.8. The number of carbonyl (C=O) groups is 1. The molecule has 1 aromatic heterocycles. The molecule has 0 bridgehead atoms. The third kappa shape index (κ3) is 5.74. The van der Waals surface area contributed by atoms with Crippen LogP contribution >= 0.6 is 11.3 Å². The van der Waals surface area contributed by atoms with Gasteiger partial charge >= 0.3 is 0 Å². The van der Waals surface area contributed by atoms with Gasteiger partial charge in [-0.1, -0.05) is 35.6 Å². The van der Waals surface area contributed by atoms with Crippen LogP contribution in [0.4, 0.5) is 5.13 Å². The predicted octanol–water partition coefficient (Wildman–Crippen LogP) is 7.10. The lowest BCUT2D eigenvalue weighted by atomic mass is 10.2. The number of hydrazone groups is 1. The van der Waals surface area contributed by atoms with Gasteiger partial charge in [0.25, 0.3) is 5.91 Å². The minimum Gasteiger partial charge on any atom is -0.493 e. The monoisotopic (exact) mass is 553 g/mol. The van der Waals surface area contributed by atoms with Crippen molar-refractivity contribution in [3.05, 3.63) is 102 Å². The molecule has 9 heteroatoms. The Morgan fingerprint density at radius 3 is 2.17 bits per heavy atom. The molecule has 8 nitrogen and oxygen atoms in total. The first kappa shape index (κ1) is 26.7. The molecule has 0 unspecified atom stereocenters. The summed E-state index contributed by atoms with van der Waals surface area (Å²) in [5.74, 6) is 2.41. The molecule has 202 valence electrons. The molecule has 0 saturated carbocycles. The SMILES string of the molecule is COc1cc(/C=N/N(C(=O)c2ccc(Oc3ccccc3)cc2)c2nc3ccc(C)cc3s2)cc(OC)c1OC. The highest BCUT2D eigenvalue weighted by Gasteiger charge is 2.22. The van der Waals surface area contributed by atoms with Gasteiger partial charge in [-0.2, -0.15) is 10.1 Å². The number of aryl methyl sites for hydroxylation is 1. The number of carbonyl (C=O) groups excluding carboxylic acids is 1. The number of hydrogen-bond acceptors (Lipinski definition) is 8. The van der Waals surface area contributed by atoms with Crippen molar-refractivity contribution in [3.8, 4) is 28.7 Å². The zero-order valence-corrected chi connectivity index (χ0v) is 23.3. The van der Waals surface area contributed by atoms with Crippen LogP contribution in [-0.4, -0.2) is 38.4 Å². The summed E-state index contributed by atoms with van der Waals surface area (Å²) in [6.45, 7) is 2.02. The molecule has 0 saturated heterocycles. The molecule has 0 atom stereocenters. The fraction of sp³-hybridized carbons (Fsp3) is 0.129. The molecule has 0 aliphatic heterocycles. The molecule has 5 aromatic rings. The molecule has 40 heavy (non-hydrogen) atoms. The third-order valence-electron chi connectivity index (χ3n) is 6.00. The van der Waals surface area contributed by atoms with Crippen molar-refractivity contribution in [2.45, 2.75) is 6.92 Å². The molecule has 0 radical (unpaired) electrons. The lowest BCUT2D eigenvalue weighted by Gasteiger charge is -2.15. The van der Waals surface area contributed by atoms with Crippen LogP contribution in [0.15, 0.2) is 90.0 Å². The van der Waals surface area contributed by atoms with Gasteiger partial charge in [-0.15, -0.1) is 0 Å². The Labute approximate surface area is 236 Å². The van der Waals surface area contributed by atoms with Crippen LogP contribution in [0.2, 0.25) is 0 Å². The van der Waals surface area contributed by atoms with E-state index in [-0.39, 0.29) is 5.91 Å². The summed E-state index contributed by atoms with van der Waals surface area (Å²) in [4.78, 5) is 18.5. The fourth-order valence-electron chi connectivity index (χ4n) is 4.01. The van der Waals surface area contributed by atoms with E-state index in [0.717, 1.165) is 15.8 Å². The van der Waals surface area contributed by atoms with E-state index in [2.05, 4.69) is 5.10 Å². The molecular formula is C31H27N3O5S. The van der Waals surface area contributed by atoms with Gasteiger partial charge in [0, 0.05) is 11.1 Å². The number of ether oxygens (including phenoxy) is 4. The highest BCUT2D eigenvalue weighted by atomic mass is 32.1. The van der Waals surface area contributed by atoms with Crippen LogP contribution in [-0.2, 0) is 0 Å². The lowest BCUT2D eigenvalue weighted by molar-refractivity contribution is 0.0988. The van der Waals surface area contributed by atoms with E-state index in [4.69, 9.17) is 23.9 Å². The van der Waals surface area contributed by atoms with Crippen molar-refractivity contribution in [1.29, 1.82) is 0 Å². The second-order valence-corrected chi connectivity index (χ2v) is 9.74. The largest absolute Gasteiger partial charge is 0.493 e. The summed E-state index contributed by atoms with van der Waals surface area (Å²) in [5, 5.41) is 6.32. The number of amides is 1. The second-order valence-electron chi connectivity index (χ2n) is 8.73. The van der Waals surface area contributed by atoms with E-state index in [1.807, 2.05) is 55.5 Å². The van der Waals surface area contributed by atoms with Crippen molar-refractivity contribution in [2.24, 2.45) is 5.10 Å². The van der Waals surface area contributed by atoms with E-state index in [1.165, 1.54) is 16.3 Å². The summed E-state index contributed by atoms with van der Waals surface area (Å²) < 4.78 is 23.2. The van der Waals surface area contributed by atoms with Crippen LogP contribution in [0.5, 0.6) is 28.7 Å². The average molecular weight is 554 g/mol. The normalized spacial score (nSPS) is 11.0. The van der Waals surface area contributed by atoms with Crippen molar-refractivity contribution in [3.63, 3.8) is 0 Å². The summed E-state index contributed by atoms with van der Waals surface area (Å²) in [7, 11) is 4.63. The van der Waals surface area contributed by atoms with E-state index >= 15 is 0 Å². The van der Waals surface area contributed by atoms with Gasteiger partial charge in [-0.05, 0) is 73.2 Å². The number of para-hydroxylation sites is 1. The summed E-state index contributed by atoms with van der Waals surface area (Å²) in [6.07, 6.45) is 1.56.